The average Bonchev–Trinajstić information content (AvgIpc) is 2.96. The van der Waals surface area contributed by atoms with E-state index in [2.05, 4.69) is 16.3 Å². The molecule has 0 amide bonds. The second kappa shape index (κ2) is 6.18. The van der Waals surface area contributed by atoms with Gasteiger partial charge in [-0.05, 0) is 42.5 Å². The number of para-hydroxylation sites is 1. The lowest BCUT2D eigenvalue weighted by molar-refractivity contribution is -0.140. The Morgan fingerprint density at radius 1 is 1.38 bits per heavy atom. The van der Waals surface area contributed by atoms with Gasteiger partial charge in [0.15, 0.2) is 0 Å². The SMILES string of the molecule is C[C@@H](C(=O)Oc1ccccc1Cl)N1CCc2sccc2C1. The summed E-state index contributed by atoms with van der Waals surface area (Å²) in [6.07, 6.45) is 0.997. The summed E-state index contributed by atoms with van der Waals surface area (Å²) in [6, 6.07) is 8.89. The highest BCUT2D eigenvalue weighted by molar-refractivity contribution is 7.10. The van der Waals surface area contributed by atoms with Gasteiger partial charge in [0.1, 0.15) is 11.8 Å². The maximum atomic E-state index is 12.3. The minimum atomic E-state index is -0.283. The molecule has 110 valence electrons. The van der Waals surface area contributed by atoms with Gasteiger partial charge in [0.05, 0.1) is 5.02 Å². The molecule has 0 bridgehead atoms. The van der Waals surface area contributed by atoms with E-state index < -0.39 is 0 Å². The van der Waals surface area contributed by atoms with Gasteiger partial charge in [-0.15, -0.1) is 11.3 Å². The Morgan fingerprint density at radius 2 is 2.19 bits per heavy atom. The number of benzene rings is 1. The fraction of sp³-hybridized carbons (Fsp3) is 0.312. The molecule has 0 radical (unpaired) electrons. The summed E-state index contributed by atoms with van der Waals surface area (Å²) in [5.74, 6) is 0.158. The Balaban J connectivity index is 1.67. The Morgan fingerprint density at radius 3 is 3.00 bits per heavy atom. The number of esters is 1. The Hall–Kier alpha value is -1.36. The third kappa shape index (κ3) is 3.12. The molecule has 1 aliphatic rings. The molecule has 1 aliphatic heterocycles. The van der Waals surface area contributed by atoms with Gasteiger partial charge in [0.25, 0.3) is 0 Å². The van der Waals surface area contributed by atoms with E-state index in [0.29, 0.717) is 10.8 Å². The summed E-state index contributed by atoms with van der Waals surface area (Å²) in [6.45, 7) is 3.57. The number of fused-ring (bicyclic) bond motifs is 1. The van der Waals surface area contributed by atoms with Crippen molar-refractivity contribution in [2.45, 2.75) is 25.9 Å². The second-order valence-corrected chi connectivity index (χ2v) is 6.52. The number of halogens is 1. The molecular formula is C16H16ClNO2S. The van der Waals surface area contributed by atoms with Crippen LogP contribution < -0.4 is 4.74 Å². The van der Waals surface area contributed by atoms with E-state index in [1.807, 2.05) is 13.0 Å². The van der Waals surface area contributed by atoms with E-state index in [-0.39, 0.29) is 12.0 Å². The van der Waals surface area contributed by atoms with Crippen LogP contribution in [0.2, 0.25) is 5.02 Å². The first-order valence-corrected chi connectivity index (χ1v) is 8.16. The van der Waals surface area contributed by atoms with Crippen LogP contribution in [0.25, 0.3) is 0 Å². The summed E-state index contributed by atoms with van der Waals surface area (Å²) < 4.78 is 5.42. The minimum Gasteiger partial charge on any atom is -0.424 e. The number of carbonyl (C=O) groups excluding carboxylic acids is 1. The first kappa shape index (κ1) is 14.6. The molecule has 1 aromatic heterocycles. The monoisotopic (exact) mass is 321 g/mol. The predicted molar refractivity (Wildman–Crippen MR) is 85.0 cm³/mol. The first-order chi connectivity index (χ1) is 10.1. The van der Waals surface area contributed by atoms with Crippen LogP contribution in [-0.2, 0) is 17.8 Å². The van der Waals surface area contributed by atoms with Gasteiger partial charge in [-0.2, -0.15) is 0 Å². The number of ether oxygens (including phenoxy) is 1. The first-order valence-electron chi connectivity index (χ1n) is 6.90. The van der Waals surface area contributed by atoms with Crippen LogP contribution in [0, 0.1) is 0 Å². The highest BCUT2D eigenvalue weighted by atomic mass is 35.5. The van der Waals surface area contributed by atoms with Crippen molar-refractivity contribution in [2.24, 2.45) is 0 Å². The van der Waals surface area contributed by atoms with E-state index in [9.17, 15) is 4.79 Å². The van der Waals surface area contributed by atoms with Crippen molar-refractivity contribution < 1.29 is 9.53 Å². The van der Waals surface area contributed by atoms with Crippen LogP contribution in [0.15, 0.2) is 35.7 Å². The average molecular weight is 322 g/mol. The standard InChI is InChI=1S/C16H16ClNO2S/c1-11(16(19)20-14-5-3-2-4-13(14)17)18-8-6-15-12(10-18)7-9-21-15/h2-5,7,9,11H,6,8,10H2,1H3/t11-/m0/s1. The van der Waals surface area contributed by atoms with E-state index >= 15 is 0 Å². The molecule has 3 rings (SSSR count). The van der Waals surface area contributed by atoms with Crippen molar-refractivity contribution in [3.63, 3.8) is 0 Å². The number of rotatable bonds is 3. The second-order valence-electron chi connectivity index (χ2n) is 5.12. The largest absolute Gasteiger partial charge is 0.424 e. The molecule has 0 spiro atoms. The van der Waals surface area contributed by atoms with Crippen molar-refractivity contribution in [1.82, 2.24) is 4.90 Å². The third-order valence-electron chi connectivity index (χ3n) is 3.77. The highest BCUT2D eigenvalue weighted by Gasteiger charge is 2.27. The van der Waals surface area contributed by atoms with Crippen molar-refractivity contribution in [3.05, 3.63) is 51.2 Å². The number of thiophene rings is 1. The van der Waals surface area contributed by atoms with Gasteiger partial charge in [0, 0.05) is 18.0 Å². The van der Waals surface area contributed by atoms with Crippen molar-refractivity contribution in [3.8, 4) is 5.75 Å². The number of carbonyl (C=O) groups is 1. The summed E-state index contributed by atoms with van der Waals surface area (Å²) >= 11 is 7.81. The molecule has 5 heteroatoms. The highest BCUT2D eigenvalue weighted by Crippen LogP contribution is 2.27. The third-order valence-corrected chi connectivity index (χ3v) is 5.11. The van der Waals surface area contributed by atoms with Crippen LogP contribution in [0.5, 0.6) is 5.75 Å². The van der Waals surface area contributed by atoms with E-state index in [1.165, 1.54) is 10.4 Å². The van der Waals surface area contributed by atoms with Gasteiger partial charge < -0.3 is 4.74 Å². The van der Waals surface area contributed by atoms with Gasteiger partial charge in [0.2, 0.25) is 0 Å². The summed E-state index contributed by atoms with van der Waals surface area (Å²) in [7, 11) is 0. The molecule has 0 saturated heterocycles. The van der Waals surface area contributed by atoms with Crippen molar-refractivity contribution in [2.75, 3.05) is 6.54 Å². The lowest BCUT2D eigenvalue weighted by Gasteiger charge is -2.30. The zero-order valence-electron chi connectivity index (χ0n) is 11.7. The minimum absolute atomic E-state index is 0.262. The Bertz CT molecular complexity index is 655. The molecular weight excluding hydrogens is 306 g/mol. The molecule has 1 atom stereocenters. The zero-order valence-corrected chi connectivity index (χ0v) is 13.3. The molecule has 0 fully saturated rings. The number of hydrogen-bond acceptors (Lipinski definition) is 4. The normalized spacial score (nSPS) is 16.3. The van der Waals surface area contributed by atoms with Crippen LogP contribution in [0.3, 0.4) is 0 Å². The van der Waals surface area contributed by atoms with E-state index in [4.69, 9.17) is 16.3 Å². The number of hydrogen-bond donors (Lipinski definition) is 0. The molecule has 0 unspecified atom stereocenters. The van der Waals surface area contributed by atoms with Gasteiger partial charge in [-0.3, -0.25) is 4.90 Å². The molecule has 2 aromatic rings. The summed E-state index contributed by atoms with van der Waals surface area (Å²) in [4.78, 5) is 15.9. The smallest absolute Gasteiger partial charge is 0.328 e. The van der Waals surface area contributed by atoms with Crippen LogP contribution in [-0.4, -0.2) is 23.5 Å². The summed E-state index contributed by atoms with van der Waals surface area (Å²) in [5.41, 5.74) is 1.32. The van der Waals surface area contributed by atoms with E-state index in [0.717, 1.165) is 19.5 Å². The molecule has 0 aliphatic carbocycles. The number of nitrogens with zero attached hydrogens (tertiary/aromatic N) is 1. The van der Waals surface area contributed by atoms with Crippen molar-refractivity contribution >= 4 is 28.9 Å². The van der Waals surface area contributed by atoms with Crippen LogP contribution in [0.1, 0.15) is 17.4 Å². The van der Waals surface area contributed by atoms with Gasteiger partial charge in [-0.25, -0.2) is 4.79 Å². The lowest BCUT2D eigenvalue weighted by atomic mass is 10.1. The zero-order chi connectivity index (χ0) is 14.8. The maximum absolute atomic E-state index is 12.3. The van der Waals surface area contributed by atoms with E-state index in [1.54, 1.807) is 29.5 Å². The topological polar surface area (TPSA) is 29.5 Å². The quantitative estimate of drug-likeness (QED) is 0.637. The van der Waals surface area contributed by atoms with Gasteiger partial charge in [-0.1, -0.05) is 23.7 Å². The Kier molecular flexibility index (Phi) is 4.29. The molecule has 0 saturated carbocycles. The van der Waals surface area contributed by atoms with Crippen molar-refractivity contribution in [1.29, 1.82) is 0 Å². The predicted octanol–water partition coefficient (Wildman–Crippen LogP) is 3.75. The fourth-order valence-electron chi connectivity index (χ4n) is 2.47. The summed E-state index contributed by atoms with van der Waals surface area (Å²) in [5, 5.41) is 2.57. The fourth-order valence-corrected chi connectivity index (χ4v) is 3.54. The maximum Gasteiger partial charge on any atom is 0.328 e. The molecule has 1 aromatic carbocycles. The van der Waals surface area contributed by atoms with Crippen LogP contribution >= 0.6 is 22.9 Å². The lowest BCUT2D eigenvalue weighted by Crippen LogP contribution is -2.43. The molecule has 0 N–H and O–H groups in total. The van der Waals surface area contributed by atoms with Crippen LogP contribution in [0.4, 0.5) is 0 Å². The molecule has 2 heterocycles. The molecule has 3 nitrogen and oxygen atoms in total. The molecule has 21 heavy (non-hydrogen) atoms. The van der Waals surface area contributed by atoms with Gasteiger partial charge >= 0.3 is 5.97 Å². The Labute approximate surface area is 133 Å².